The lowest BCUT2D eigenvalue weighted by atomic mass is 9.72. The first-order chi connectivity index (χ1) is 12.9. The largest absolute Gasteiger partial charge is 0.573 e. The average Bonchev–Trinajstić information content (AvgIpc) is 2.51. The van der Waals surface area contributed by atoms with Gasteiger partial charge in [-0.25, -0.2) is 4.79 Å². The van der Waals surface area contributed by atoms with Gasteiger partial charge in [0.15, 0.2) is 0 Å². The lowest BCUT2D eigenvalue weighted by Crippen LogP contribution is -2.59. The maximum absolute atomic E-state index is 12.7. The molecule has 0 radical (unpaired) electrons. The van der Waals surface area contributed by atoms with E-state index in [0.717, 1.165) is 19.3 Å². The van der Waals surface area contributed by atoms with Gasteiger partial charge in [0.1, 0.15) is 11.4 Å². The number of benzene rings is 1. The van der Waals surface area contributed by atoms with Crippen molar-refractivity contribution in [1.82, 2.24) is 4.90 Å². The zero-order valence-electron chi connectivity index (χ0n) is 16.3. The number of fused-ring (bicyclic) bond motifs is 2. The van der Waals surface area contributed by atoms with E-state index in [1.807, 2.05) is 0 Å². The predicted molar refractivity (Wildman–Crippen MR) is 95.8 cm³/mol. The van der Waals surface area contributed by atoms with E-state index in [1.165, 1.54) is 18.2 Å². The highest BCUT2D eigenvalue weighted by Crippen LogP contribution is 2.45. The molecule has 2 fully saturated rings. The summed E-state index contributed by atoms with van der Waals surface area (Å²) in [5, 5.41) is 11.3. The first kappa shape index (κ1) is 20.8. The lowest BCUT2D eigenvalue weighted by Gasteiger charge is -2.51. The molecule has 5 nitrogen and oxygen atoms in total. The van der Waals surface area contributed by atoms with Crippen LogP contribution in [-0.2, 0) is 10.3 Å². The third kappa shape index (κ3) is 4.71. The van der Waals surface area contributed by atoms with Gasteiger partial charge in [-0.15, -0.1) is 13.2 Å². The van der Waals surface area contributed by atoms with E-state index in [9.17, 15) is 23.1 Å². The molecule has 156 valence electrons. The maximum atomic E-state index is 12.7. The van der Waals surface area contributed by atoms with Crippen LogP contribution in [0.2, 0.25) is 0 Å². The standard InChI is InChI=1S/C20H26F3NO4/c1-18(2,3)28-17(25)24-14-7-5-8-15(24)12-19(26,11-14)13-6-4-9-16(10-13)27-20(21,22)23/h4,6,9-10,14-15,26H,5,7-8,11-12H2,1-3H3. The van der Waals surface area contributed by atoms with Gasteiger partial charge < -0.3 is 19.5 Å². The molecule has 1 aromatic carbocycles. The highest BCUT2D eigenvalue weighted by molar-refractivity contribution is 5.69. The van der Waals surface area contributed by atoms with Crippen LogP contribution in [0.5, 0.6) is 5.75 Å². The van der Waals surface area contributed by atoms with Crippen molar-refractivity contribution in [2.24, 2.45) is 0 Å². The van der Waals surface area contributed by atoms with E-state index in [4.69, 9.17) is 4.74 Å². The summed E-state index contributed by atoms with van der Waals surface area (Å²) in [6.07, 6.45) is -2.33. The van der Waals surface area contributed by atoms with Crippen LogP contribution in [0, 0.1) is 0 Å². The molecule has 0 spiro atoms. The molecule has 1 N–H and O–H groups in total. The molecule has 2 heterocycles. The lowest BCUT2D eigenvalue weighted by molar-refractivity contribution is -0.274. The molecule has 28 heavy (non-hydrogen) atoms. The minimum absolute atomic E-state index is 0.223. The Morgan fingerprint density at radius 3 is 2.32 bits per heavy atom. The van der Waals surface area contributed by atoms with Crippen LogP contribution in [0.1, 0.15) is 58.4 Å². The Balaban J connectivity index is 1.82. The highest BCUT2D eigenvalue weighted by Gasteiger charge is 2.49. The molecular weight excluding hydrogens is 375 g/mol. The Morgan fingerprint density at radius 1 is 1.18 bits per heavy atom. The maximum Gasteiger partial charge on any atom is 0.573 e. The molecule has 0 aliphatic carbocycles. The number of ether oxygens (including phenoxy) is 2. The summed E-state index contributed by atoms with van der Waals surface area (Å²) in [7, 11) is 0. The Kier molecular flexibility index (Phi) is 5.29. The number of aliphatic hydroxyl groups is 1. The summed E-state index contributed by atoms with van der Waals surface area (Å²) >= 11 is 0. The number of carbonyl (C=O) groups excluding carboxylic acids is 1. The molecule has 2 bridgehead atoms. The Bertz CT molecular complexity index is 715. The van der Waals surface area contributed by atoms with Crippen molar-refractivity contribution in [1.29, 1.82) is 0 Å². The van der Waals surface area contributed by atoms with Crippen LogP contribution in [0.15, 0.2) is 24.3 Å². The molecule has 8 heteroatoms. The molecule has 2 atom stereocenters. The van der Waals surface area contributed by atoms with E-state index in [1.54, 1.807) is 31.7 Å². The van der Waals surface area contributed by atoms with E-state index in [2.05, 4.69) is 4.74 Å². The van der Waals surface area contributed by atoms with Crippen molar-refractivity contribution in [3.63, 3.8) is 0 Å². The van der Waals surface area contributed by atoms with Crippen molar-refractivity contribution >= 4 is 6.09 Å². The monoisotopic (exact) mass is 401 g/mol. The number of alkyl halides is 3. The average molecular weight is 401 g/mol. The molecule has 1 aromatic rings. The second-order valence-electron chi connectivity index (χ2n) is 8.64. The number of rotatable bonds is 2. The van der Waals surface area contributed by atoms with Gasteiger partial charge in [-0.2, -0.15) is 0 Å². The van der Waals surface area contributed by atoms with Crippen LogP contribution < -0.4 is 4.74 Å². The summed E-state index contributed by atoms with van der Waals surface area (Å²) in [6.45, 7) is 5.40. The zero-order chi connectivity index (χ0) is 20.7. The first-order valence-electron chi connectivity index (χ1n) is 9.46. The van der Waals surface area contributed by atoms with Crippen molar-refractivity contribution in [2.75, 3.05) is 0 Å². The van der Waals surface area contributed by atoms with E-state index in [-0.39, 0.29) is 30.7 Å². The Hall–Kier alpha value is -1.96. The number of nitrogens with zero attached hydrogens (tertiary/aromatic N) is 1. The summed E-state index contributed by atoms with van der Waals surface area (Å²) < 4.78 is 47.1. The zero-order valence-corrected chi connectivity index (χ0v) is 16.3. The number of halogens is 3. The van der Waals surface area contributed by atoms with Gasteiger partial charge in [0.2, 0.25) is 0 Å². The SMILES string of the molecule is CC(C)(C)OC(=O)N1C2CCCC1CC(O)(c1cccc(OC(F)(F)F)c1)C2. The van der Waals surface area contributed by atoms with Gasteiger partial charge in [0, 0.05) is 24.9 Å². The summed E-state index contributed by atoms with van der Waals surface area (Å²) in [4.78, 5) is 14.4. The van der Waals surface area contributed by atoms with Crippen LogP contribution >= 0.6 is 0 Å². The topological polar surface area (TPSA) is 59.0 Å². The van der Waals surface area contributed by atoms with Gasteiger partial charge in [-0.3, -0.25) is 0 Å². The summed E-state index contributed by atoms with van der Waals surface area (Å²) in [5.74, 6) is -0.363. The van der Waals surface area contributed by atoms with E-state index in [0.29, 0.717) is 5.56 Å². The first-order valence-corrected chi connectivity index (χ1v) is 9.46. The smallest absolute Gasteiger partial charge is 0.444 e. The highest BCUT2D eigenvalue weighted by atomic mass is 19.4. The molecule has 2 saturated heterocycles. The van der Waals surface area contributed by atoms with Crippen molar-refractivity contribution in [3.05, 3.63) is 29.8 Å². The van der Waals surface area contributed by atoms with Crippen LogP contribution in [0.25, 0.3) is 0 Å². The number of hydrogen-bond donors (Lipinski definition) is 1. The fourth-order valence-corrected chi connectivity index (χ4v) is 4.26. The van der Waals surface area contributed by atoms with Gasteiger partial charge in [-0.05, 0) is 57.7 Å². The second-order valence-corrected chi connectivity index (χ2v) is 8.64. The van der Waals surface area contributed by atoms with Crippen LogP contribution in [-0.4, -0.2) is 40.1 Å². The second kappa shape index (κ2) is 7.13. The normalized spacial score (nSPS) is 28.0. The minimum Gasteiger partial charge on any atom is -0.444 e. The van der Waals surface area contributed by atoms with Gasteiger partial charge in [0.05, 0.1) is 5.60 Å². The fourth-order valence-electron chi connectivity index (χ4n) is 4.26. The van der Waals surface area contributed by atoms with E-state index < -0.39 is 23.7 Å². The summed E-state index contributed by atoms with van der Waals surface area (Å²) in [5.41, 5.74) is -1.57. The van der Waals surface area contributed by atoms with Crippen molar-refractivity contribution in [2.45, 2.75) is 82.5 Å². The molecule has 0 saturated carbocycles. The summed E-state index contributed by atoms with van der Waals surface area (Å²) in [6, 6.07) is 5.02. The molecule has 2 aliphatic rings. The number of hydrogen-bond acceptors (Lipinski definition) is 4. The Labute approximate surface area is 162 Å². The molecule has 0 aromatic heterocycles. The fraction of sp³-hybridized carbons (Fsp3) is 0.650. The number of piperidine rings is 2. The van der Waals surface area contributed by atoms with Crippen LogP contribution in [0.3, 0.4) is 0 Å². The quantitative estimate of drug-likeness (QED) is 0.779. The van der Waals surface area contributed by atoms with Gasteiger partial charge in [-0.1, -0.05) is 12.1 Å². The molecule has 2 unspecified atom stereocenters. The van der Waals surface area contributed by atoms with Crippen molar-refractivity contribution < 1.29 is 32.5 Å². The van der Waals surface area contributed by atoms with Gasteiger partial charge >= 0.3 is 12.5 Å². The molecule has 2 aliphatic heterocycles. The Morgan fingerprint density at radius 2 is 1.79 bits per heavy atom. The van der Waals surface area contributed by atoms with Crippen molar-refractivity contribution in [3.8, 4) is 5.75 Å². The molecule has 1 amide bonds. The molecular formula is C20H26F3NO4. The van der Waals surface area contributed by atoms with Gasteiger partial charge in [0.25, 0.3) is 0 Å². The van der Waals surface area contributed by atoms with Crippen LogP contribution in [0.4, 0.5) is 18.0 Å². The van der Waals surface area contributed by atoms with E-state index >= 15 is 0 Å². The third-order valence-corrected chi connectivity index (χ3v) is 5.22. The minimum atomic E-state index is -4.79. The number of carbonyl (C=O) groups is 1. The molecule has 3 rings (SSSR count). The number of amides is 1. The predicted octanol–water partition coefficient (Wildman–Crippen LogP) is 4.72. The third-order valence-electron chi connectivity index (χ3n) is 5.22.